The van der Waals surface area contributed by atoms with Gasteiger partial charge in [0.2, 0.25) is 0 Å². The van der Waals surface area contributed by atoms with Crippen LogP contribution in [-0.4, -0.2) is 22.6 Å². The minimum Gasteiger partial charge on any atom is -0.368 e. The van der Waals surface area contributed by atoms with Gasteiger partial charge in [0.05, 0.1) is 11.4 Å². The van der Waals surface area contributed by atoms with Crippen LogP contribution in [0.5, 0.6) is 0 Å². The van der Waals surface area contributed by atoms with Crippen molar-refractivity contribution in [3.8, 4) is 0 Å². The Kier molecular flexibility index (Phi) is 3.39. The van der Waals surface area contributed by atoms with E-state index in [1.165, 1.54) is 6.42 Å². The van der Waals surface area contributed by atoms with Crippen LogP contribution in [0, 0.1) is 19.8 Å². The number of anilines is 1. The Morgan fingerprint density at radius 2 is 2.25 bits per heavy atom. The fraction of sp³-hybridized carbons (Fsp3) is 0.667. The Labute approximate surface area is 96.7 Å². The van der Waals surface area contributed by atoms with Crippen molar-refractivity contribution in [3.05, 3.63) is 17.6 Å². The number of hydrogen-bond acceptors (Lipinski definition) is 4. The van der Waals surface area contributed by atoms with E-state index >= 15 is 0 Å². The molecule has 88 valence electrons. The second kappa shape index (κ2) is 4.78. The Morgan fingerprint density at radius 1 is 1.44 bits per heavy atom. The first-order chi connectivity index (χ1) is 7.65. The summed E-state index contributed by atoms with van der Waals surface area (Å²) in [6.07, 6.45) is 5.31. The summed E-state index contributed by atoms with van der Waals surface area (Å²) in [4.78, 5) is 8.74. The molecule has 2 atom stereocenters. The molecule has 16 heavy (non-hydrogen) atoms. The van der Waals surface area contributed by atoms with Crippen molar-refractivity contribution >= 4 is 5.82 Å². The van der Waals surface area contributed by atoms with Gasteiger partial charge < -0.3 is 11.1 Å². The first-order valence-corrected chi connectivity index (χ1v) is 5.95. The minimum atomic E-state index is 0.400. The predicted octanol–water partition coefficient (Wildman–Crippen LogP) is 1.63. The molecule has 0 bridgehead atoms. The van der Waals surface area contributed by atoms with Crippen molar-refractivity contribution < 1.29 is 0 Å². The van der Waals surface area contributed by atoms with Gasteiger partial charge in [-0.3, -0.25) is 4.98 Å². The number of nitrogens with two attached hydrogens (primary N) is 1. The smallest absolute Gasteiger partial charge is 0.147 e. The number of nitrogens with zero attached hydrogens (tertiary/aromatic N) is 2. The molecule has 1 fully saturated rings. The van der Waals surface area contributed by atoms with Gasteiger partial charge in [0.25, 0.3) is 0 Å². The molecule has 2 rings (SSSR count). The van der Waals surface area contributed by atoms with Crippen LogP contribution in [0.4, 0.5) is 5.82 Å². The molecular weight excluding hydrogens is 200 g/mol. The van der Waals surface area contributed by atoms with Crippen LogP contribution in [0.1, 0.15) is 30.7 Å². The van der Waals surface area contributed by atoms with Gasteiger partial charge in [-0.05, 0) is 39.0 Å². The summed E-state index contributed by atoms with van der Waals surface area (Å²) >= 11 is 0. The number of aryl methyl sites for hydroxylation is 2. The summed E-state index contributed by atoms with van der Waals surface area (Å²) in [7, 11) is 0. The van der Waals surface area contributed by atoms with Crippen LogP contribution in [0.2, 0.25) is 0 Å². The van der Waals surface area contributed by atoms with Crippen molar-refractivity contribution in [3.63, 3.8) is 0 Å². The summed E-state index contributed by atoms with van der Waals surface area (Å²) < 4.78 is 0. The SMILES string of the molecule is Cc1cnc(C)c(NCC2CCC(N)C2)n1. The van der Waals surface area contributed by atoms with E-state index in [-0.39, 0.29) is 0 Å². The van der Waals surface area contributed by atoms with E-state index in [4.69, 9.17) is 5.73 Å². The lowest BCUT2D eigenvalue weighted by molar-refractivity contribution is 0.564. The third-order valence-corrected chi connectivity index (χ3v) is 3.22. The maximum absolute atomic E-state index is 5.89. The van der Waals surface area contributed by atoms with Crippen molar-refractivity contribution in [2.75, 3.05) is 11.9 Å². The number of rotatable bonds is 3. The molecule has 3 N–H and O–H groups in total. The highest BCUT2D eigenvalue weighted by molar-refractivity contribution is 5.39. The van der Waals surface area contributed by atoms with E-state index < -0.39 is 0 Å². The standard InChI is InChI=1S/C12H20N4/c1-8-6-14-9(2)12(16-8)15-7-10-3-4-11(13)5-10/h6,10-11H,3-5,7,13H2,1-2H3,(H,15,16). The summed E-state index contributed by atoms with van der Waals surface area (Å²) in [5.74, 6) is 1.61. The molecule has 4 heteroatoms. The quantitative estimate of drug-likeness (QED) is 0.812. The molecule has 0 spiro atoms. The van der Waals surface area contributed by atoms with E-state index in [1.807, 2.05) is 13.8 Å². The predicted molar refractivity (Wildman–Crippen MR) is 65.3 cm³/mol. The summed E-state index contributed by atoms with van der Waals surface area (Å²) in [6.45, 7) is 4.91. The van der Waals surface area contributed by atoms with Gasteiger partial charge in [-0.25, -0.2) is 4.98 Å². The van der Waals surface area contributed by atoms with Crippen LogP contribution in [0.15, 0.2) is 6.20 Å². The van der Waals surface area contributed by atoms with Crippen LogP contribution < -0.4 is 11.1 Å². The molecule has 0 aromatic carbocycles. The van der Waals surface area contributed by atoms with E-state index in [0.717, 1.165) is 36.6 Å². The third kappa shape index (κ3) is 2.70. The van der Waals surface area contributed by atoms with E-state index in [1.54, 1.807) is 6.20 Å². The summed E-state index contributed by atoms with van der Waals surface area (Å²) in [5, 5.41) is 3.39. The average molecular weight is 220 g/mol. The van der Waals surface area contributed by atoms with Crippen molar-refractivity contribution in [1.29, 1.82) is 0 Å². The van der Waals surface area contributed by atoms with Gasteiger partial charge in [0.15, 0.2) is 0 Å². The Bertz CT molecular complexity index is 364. The first-order valence-electron chi connectivity index (χ1n) is 5.95. The molecule has 2 unspecified atom stereocenters. The zero-order valence-electron chi connectivity index (χ0n) is 10.0. The Balaban J connectivity index is 1.91. The van der Waals surface area contributed by atoms with E-state index in [2.05, 4.69) is 15.3 Å². The molecule has 1 saturated carbocycles. The molecule has 0 saturated heterocycles. The molecule has 1 heterocycles. The molecule has 1 aliphatic carbocycles. The molecule has 1 aromatic heterocycles. The summed E-state index contributed by atoms with van der Waals surface area (Å²) in [6, 6.07) is 0.400. The number of aromatic nitrogens is 2. The topological polar surface area (TPSA) is 63.8 Å². The number of nitrogens with one attached hydrogen (secondary N) is 1. The lowest BCUT2D eigenvalue weighted by atomic mass is 10.1. The third-order valence-electron chi connectivity index (χ3n) is 3.22. The molecule has 0 aliphatic heterocycles. The lowest BCUT2D eigenvalue weighted by Gasteiger charge is -2.13. The van der Waals surface area contributed by atoms with Crippen LogP contribution in [0.3, 0.4) is 0 Å². The van der Waals surface area contributed by atoms with Crippen LogP contribution in [-0.2, 0) is 0 Å². The first kappa shape index (κ1) is 11.3. The highest BCUT2D eigenvalue weighted by Crippen LogP contribution is 2.24. The number of hydrogen-bond donors (Lipinski definition) is 2. The monoisotopic (exact) mass is 220 g/mol. The second-order valence-corrected chi connectivity index (χ2v) is 4.77. The molecule has 1 aliphatic rings. The van der Waals surface area contributed by atoms with Gasteiger partial charge in [-0.2, -0.15) is 0 Å². The Hall–Kier alpha value is -1.16. The zero-order valence-corrected chi connectivity index (χ0v) is 10.0. The van der Waals surface area contributed by atoms with Gasteiger partial charge >= 0.3 is 0 Å². The molecule has 4 nitrogen and oxygen atoms in total. The maximum atomic E-state index is 5.89. The van der Waals surface area contributed by atoms with Crippen molar-refractivity contribution in [2.24, 2.45) is 11.7 Å². The van der Waals surface area contributed by atoms with Crippen LogP contribution >= 0.6 is 0 Å². The van der Waals surface area contributed by atoms with Gasteiger partial charge in [-0.15, -0.1) is 0 Å². The highest BCUT2D eigenvalue weighted by Gasteiger charge is 2.21. The zero-order chi connectivity index (χ0) is 11.5. The van der Waals surface area contributed by atoms with E-state index in [0.29, 0.717) is 12.0 Å². The van der Waals surface area contributed by atoms with Gasteiger partial charge in [0, 0.05) is 18.8 Å². The minimum absolute atomic E-state index is 0.400. The highest BCUT2D eigenvalue weighted by atomic mass is 15.0. The fourth-order valence-corrected chi connectivity index (χ4v) is 2.24. The average Bonchev–Trinajstić information content (AvgIpc) is 2.66. The van der Waals surface area contributed by atoms with Crippen LogP contribution in [0.25, 0.3) is 0 Å². The normalized spacial score (nSPS) is 24.7. The molecule has 0 amide bonds. The van der Waals surface area contributed by atoms with E-state index in [9.17, 15) is 0 Å². The fourth-order valence-electron chi connectivity index (χ4n) is 2.24. The van der Waals surface area contributed by atoms with Crippen molar-refractivity contribution in [2.45, 2.75) is 39.2 Å². The second-order valence-electron chi connectivity index (χ2n) is 4.77. The molecular formula is C12H20N4. The Morgan fingerprint density at radius 3 is 2.94 bits per heavy atom. The summed E-state index contributed by atoms with van der Waals surface area (Å²) in [5.41, 5.74) is 7.81. The lowest BCUT2D eigenvalue weighted by Crippen LogP contribution is -2.18. The largest absolute Gasteiger partial charge is 0.368 e. The van der Waals surface area contributed by atoms with Crippen molar-refractivity contribution in [1.82, 2.24) is 9.97 Å². The molecule has 1 aromatic rings. The van der Waals surface area contributed by atoms with Gasteiger partial charge in [0.1, 0.15) is 5.82 Å². The van der Waals surface area contributed by atoms with Gasteiger partial charge in [-0.1, -0.05) is 0 Å². The maximum Gasteiger partial charge on any atom is 0.147 e. The molecule has 0 radical (unpaired) electrons.